The summed E-state index contributed by atoms with van der Waals surface area (Å²) in [5.74, 6) is 0.922. The average Bonchev–Trinajstić information content (AvgIpc) is 2.55. The summed E-state index contributed by atoms with van der Waals surface area (Å²) in [6, 6.07) is 19.2. The highest BCUT2D eigenvalue weighted by Gasteiger charge is 2.17. The molecule has 0 aliphatic carbocycles. The third kappa shape index (κ3) is 3.56. The molecule has 110 valence electrons. The van der Waals surface area contributed by atoms with Gasteiger partial charge in [-0.05, 0) is 36.8 Å². The normalized spacial score (nSPS) is 18.5. The number of benzene rings is 2. The van der Waals surface area contributed by atoms with Crippen molar-refractivity contribution in [2.75, 3.05) is 24.5 Å². The van der Waals surface area contributed by atoms with Crippen LogP contribution in [-0.4, -0.2) is 25.7 Å². The van der Waals surface area contributed by atoms with Gasteiger partial charge in [-0.15, -0.1) is 0 Å². The van der Waals surface area contributed by atoms with Crippen LogP contribution in [0.3, 0.4) is 0 Å². The minimum absolute atomic E-state index is 0.537. The van der Waals surface area contributed by atoms with Gasteiger partial charge in [-0.3, -0.25) is 0 Å². The van der Waals surface area contributed by atoms with E-state index in [0.717, 1.165) is 25.4 Å². The van der Waals surface area contributed by atoms with E-state index in [0.29, 0.717) is 12.6 Å². The van der Waals surface area contributed by atoms with Crippen LogP contribution >= 0.6 is 0 Å². The zero-order chi connectivity index (χ0) is 14.5. The Kier molecular flexibility index (Phi) is 4.41. The Morgan fingerprint density at radius 3 is 2.57 bits per heavy atom. The molecule has 1 atom stereocenters. The van der Waals surface area contributed by atoms with E-state index in [-0.39, 0.29) is 0 Å². The molecule has 0 bridgehead atoms. The van der Waals surface area contributed by atoms with Crippen LogP contribution in [0.2, 0.25) is 0 Å². The van der Waals surface area contributed by atoms with Crippen molar-refractivity contribution in [3.05, 3.63) is 60.2 Å². The van der Waals surface area contributed by atoms with Crippen molar-refractivity contribution in [1.82, 2.24) is 5.32 Å². The van der Waals surface area contributed by atoms with E-state index in [1.165, 1.54) is 11.3 Å². The Bertz CT molecular complexity index is 553. The second-order valence-corrected chi connectivity index (χ2v) is 5.51. The first-order valence-corrected chi connectivity index (χ1v) is 7.57. The van der Waals surface area contributed by atoms with Crippen molar-refractivity contribution in [2.24, 2.45) is 0 Å². The maximum absolute atomic E-state index is 5.83. The lowest BCUT2D eigenvalue weighted by atomic mass is 10.2. The molecule has 1 saturated heterocycles. The lowest BCUT2D eigenvalue weighted by molar-refractivity contribution is 0.306. The van der Waals surface area contributed by atoms with Crippen molar-refractivity contribution < 1.29 is 4.74 Å². The number of piperazine rings is 1. The molecule has 2 aromatic carbocycles. The Morgan fingerprint density at radius 1 is 1.10 bits per heavy atom. The van der Waals surface area contributed by atoms with E-state index < -0.39 is 0 Å². The maximum atomic E-state index is 5.83. The molecule has 3 heteroatoms. The molecule has 0 aromatic heterocycles. The zero-order valence-electron chi connectivity index (χ0n) is 12.5. The predicted octanol–water partition coefficient (Wildman–Crippen LogP) is 3.06. The summed E-state index contributed by atoms with van der Waals surface area (Å²) in [5, 5.41) is 3.42. The van der Waals surface area contributed by atoms with E-state index in [9.17, 15) is 0 Å². The van der Waals surface area contributed by atoms with Gasteiger partial charge in [0.15, 0.2) is 0 Å². The molecule has 1 aliphatic heterocycles. The fourth-order valence-electron chi connectivity index (χ4n) is 2.70. The number of nitrogens with zero attached hydrogens (tertiary/aromatic N) is 1. The van der Waals surface area contributed by atoms with Gasteiger partial charge in [0, 0.05) is 31.4 Å². The second-order valence-electron chi connectivity index (χ2n) is 5.51. The highest BCUT2D eigenvalue weighted by molar-refractivity contribution is 5.50. The summed E-state index contributed by atoms with van der Waals surface area (Å²) >= 11 is 0. The van der Waals surface area contributed by atoms with Gasteiger partial charge in [0.1, 0.15) is 12.4 Å². The Labute approximate surface area is 126 Å². The highest BCUT2D eigenvalue weighted by Crippen LogP contribution is 2.22. The number of hydrogen-bond acceptors (Lipinski definition) is 3. The lowest BCUT2D eigenvalue weighted by Crippen LogP contribution is -2.49. The molecule has 0 saturated carbocycles. The largest absolute Gasteiger partial charge is 0.489 e. The zero-order valence-corrected chi connectivity index (χ0v) is 12.5. The number of ether oxygens (including phenoxy) is 1. The Balaban J connectivity index is 1.61. The molecule has 21 heavy (non-hydrogen) atoms. The molecule has 3 nitrogen and oxygen atoms in total. The highest BCUT2D eigenvalue weighted by atomic mass is 16.5. The summed E-state index contributed by atoms with van der Waals surface area (Å²) in [6.07, 6.45) is 0. The number of hydrogen-bond donors (Lipinski definition) is 1. The smallest absolute Gasteiger partial charge is 0.119 e. The van der Waals surface area contributed by atoms with Gasteiger partial charge in [-0.25, -0.2) is 0 Å². The molecule has 3 rings (SSSR count). The van der Waals surface area contributed by atoms with Crippen LogP contribution in [0.25, 0.3) is 0 Å². The van der Waals surface area contributed by atoms with Crippen LogP contribution in [0.4, 0.5) is 5.69 Å². The third-order valence-electron chi connectivity index (χ3n) is 3.92. The van der Waals surface area contributed by atoms with Crippen molar-refractivity contribution in [2.45, 2.75) is 19.6 Å². The first-order valence-electron chi connectivity index (χ1n) is 7.57. The molecule has 2 aromatic rings. The summed E-state index contributed by atoms with van der Waals surface area (Å²) in [5.41, 5.74) is 2.47. The van der Waals surface area contributed by atoms with Crippen LogP contribution in [-0.2, 0) is 6.61 Å². The summed E-state index contributed by atoms with van der Waals surface area (Å²) in [6.45, 7) is 6.03. The van der Waals surface area contributed by atoms with E-state index in [1.807, 2.05) is 18.2 Å². The van der Waals surface area contributed by atoms with Crippen molar-refractivity contribution >= 4 is 5.69 Å². The molecule has 0 radical (unpaired) electrons. The molecular formula is C18H22N2O. The average molecular weight is 282 g/mol. The molecule has 0 spiro atoms. The minimum Gasteiger partial charge on any atom is -0.489 e. The number of rotatable bonds is 4. The summed E-state index contributed by atoms with van der Waals surface area (Å²) in [7, 11) is 0. The van der Waals surface area contributed by atoms with E-state index in [4.69, 9.17) is 4.74 Å². The standard InChI is InChI=1S/C18H22N2O/c1-15-13-19-11-12-20(15)17-7-9-18(10-8-17)21-14-16-5-3-2-4-6-16/h2-10,15,19H,11-14H2,1H3. The number of nitrogens with one attached hydrogen (secondary N) is 1. The van der Waals surface area contributed by atoms with Gasteiger partial charge in [-0.2, -0.15) is 0 Å². The molecule has 1 unspecified atom stereocenters. The fourth-order valence-corrected chi connectivity index (χ4v) is 2.70. The SMILES string of the molecule is CC1CNCCN1c1ccc(OCc2ccccc2)cc1. The topological polar surface area (TPSA) is 24.5 Å². The minimum atomic E-state index is 0.537. The third-order valence-corrected chi connectivity index (χ3v) is 3.92. The molecule has 1 N–H and O–H groups in total. The quantitative estimate of drug-likeness (QED) is 0.932. The lowest BCUT2D eigenvalue weighted by Gasteiger charge is -2.35. The van der Waals surface area contributed by atoms with Crippen molar-refractivity contribution in [3.8, 4) is 5.75 Å². The van der Waals surface area contributed by atoms with Gasteiger partial charge >= 0.3 is 0 Å². The van der Waals surface area contributed by atoms with E-state index in [1.54, 1.807) is 0 Å². The van der Waals surface area contributed by atoms with Crippen LogP contribution in [0.5, 0.6) is 5.75 Å². The second kappa shape index (κ2) is 6.64. The van der Waals surface area contributed by atoms with Crippen LogP contribution < -0.4 is 15.0 Å². The molecule has 1 fully saturated rings. The van der Waals surface area contributed by atoms with E-state index in [2.05, 4.69) is 53.5 Å². The monoisotopic (exact) mass is 282 g/mol. The Hall–Kier alpha value is -2.00. The van der Waals surface area contributed by atoms with Crippen molar-refractivity contribution in [1.29, 1.82) is 0 Å². The van der Waals surface area contributed by atoms with Gasteiger partial charge in [0.2, 0.25) is 0 Å². The van der Waals surface area contributed by atoms with Gasteiger partial charge < -0.3 is 15.0 Å². The molecule has 1 heterocycles. The van der Waals surface area contributed by atoms with Gasteiger partial charge in [-0.1, -0.05) is 30.3 Å². The van der Waals surface area contributed by atoms with Crippen LogP contribution in [0, 0.1) is 0 Å². The fraction of sp³-hybridized carbons (Fsp3) is 0.333. The molecular weight excluding hydrogens is 260 g/mol. The molecule has 0 amide bonds. The van der Waals surface area contributed by atoms with Crippen LogP contribution in [0.15, 0.2) is 54.6 Å². The van der Waals surface area contributed by atoms with Gasteiger partial charge in [0.25, 0.3) is 0 Å². The number of anilines is 1. The van der Waals surface area contributed by atoms with Crippen molar-refractivity contribution in [3.63, 3.8) is 0 Å². The maximum Gasteiger partial charge on any atom is 0.119 e. The van der Waals surface area contributed by atoms with E-state index >= 15 is 0 Å². The summed E-state index contributed by atoms with van der Waals surface area (Å²) < 4.78 is 5.83. The first-order chi connectivity index (χ1) is 10.3. The molecule has 1 aliphatic rings. The van der Waals surface area contributed by atoms with Gasteiger partial charge in [0.05, 0.1) is 0 Å². The van der Waals surface area contributed by atoms with Crippen LogP contribution in [0.1, 0.15) is 12.5 Å². The Morgan fingerprint density at radius 2 is 1.86 bits per heavy atom. The summed E-state index contributed by atoms with van der Waals surface area (Å²) in [4.78, 5) is 2.44. The predicted molar refractivity (Wildman–Crippen MR) is 86.9 cm³/mol. The first kappa shape index (κ1) is 14.0.